The number of nitrogens with one attached hydrogen (secondary N) is 1. The van der Waals surface area contributed by atoms with Crippen molar-refractivity contribution in [3.8, 4) is 11.4 Å². The Morgan fingerprint density at radius 2 is 2.06 bits per heavy atom. The first-order valence-corrected chi connectivity index (χ1v) is 11.3. The van der Waals surface area contributed by atoms with Crippen LogP contribution in [0.25, 0.3) is 11.4 Å². The summed E-state index contributed by atoms with van der Waals surface area (Å²) in [7, 11) is 5.83. The molecule has 164 valence electrons. The van der Waals surface area contributed by atoms with Crippen molar-refractivity contribution in [2.24, 2.45) is 7.05 Å². The van der Waals surface area contributed by atoms with E-state index < -0.39 is 5.97 Å². The monoisotopic (exact) mass is 460 g/mol. The maximum atomic E-state index is 12.4. The zero-order valence-corrected chi connectivity index (χ0v) is 19.6. The highest BCUT2D eigenvalue weighted by Crippen LogP contribution is 2.26. The molecule has 0 saturated heterocycles. The van der Waals surface area contributed by atoms with E-state index in [0.717, 1.165) is 28.4 Å². The van der Waals surface area contributed by atoms with Crippen molar-refractivity contribution in [1.29, 1.82) is 0 Å². The summed E-state index contributed by atoms with van der Waals surface area (Å²) in [6.07, 6.45) is 0. The summed E-state index contributed by atoms with van der Waals surface area (Å²) >= 11 is 2.38. The molecule has 0 saturated carbocycles. The number of carbonyl (C=O) groups excluding carboxylic acids is 2. The van der Waals surface area contributed by atoms with Gasteiger partial charge >= 0.3 is 5.97 Å². The Morgan fingerprint density at radius 1 is 1.29 bits per heavy atom. The molecule has 0 aliphatic rings. The Labute approximate surface area is 188 Å². The molecule has 1 aromatic carbocycles. The molecule has 0 fully saturated rings. The molecule has 1 N–H and O–H groups in total. The smallest absolute Gasteiger partial charge is 0.350 e. The number of rotatable bonds is 8. The average Bonchev–Trinajstić information content (AvgIpc) is 3.28. The summed E-state index contributed by atoms with van der Waals surface area (Å²) < 4.78 is 6.86. The van der Waals surface area contributed by atoms with Crippen LogP contribution in [-0.2, 0) is 16.6 Å². The normalized spacial score (nSPS) is 10.7. The third-order valence-corrected chi connectivity index (χ3v) is 6.36. The molecule has 9 nitrogen and oxygen atoms in total. The van der Waals surface area contributed by atoms with Gasteiger partial charge in [-0.1, -0.05) is 35.2 Å². The highest BCUT2D eigenvalue weighted by molar-refractivity contribution is 7.99. The van der Waals surface area contributed by atoms with Gasteiger partial charge in [-0.05, 0) is 26.0 Å². The van der Waals surface area contributed by atoms with Crippen molar-refractivity contribution < 1.29 is 14.3 Å². The molecule has 11 heteroatoms. The van der Waals surface area contributed by atoms with E-state index in [1.54, 1.807) is 13.8 Å². The van der Waals surface area contributed by atoms with Gasteiger partial charge in [0, 0.05) is 32.4 Å². The van der Waals surface area contributed by atoms with Gasteiger partial charge in [-0.2, -0.15) is 0 Å². The van der Waals surface area contributed by atoms with Crippen LogP contribution in [0, 0.1) is 6.92 Å². The van der Waals surface area contributed by atoms with Crippen molar-refractivity contribution in [3.05, 3.63) is 34.8 Å². The molecule has 0 aliphatic heterocycles. The van der Waals surface area contributed by atoms with Crippen LogP contribution in [0.4, 0.5) is 10.8 Å². The highest BCUT2D eigenvalue weighted by atomic mass is 32.2. The number of thioether (sulfide) groups is 1. The largest absolute Gasteiger partial charge is 0.462 e. The first-order valence-electron chi connectivity index (χ1n) is 9.54. The van der Waals surface area contributed by atoms with Gasteiger partial charge in [0.05, 0.1) is 18.1 Å². The molecular weight excluding hydrogens is 436 g/mol. The van der Waals surface area contributed by atoms with Crippen molar-refractivity contribution in [2.75, 3.05) is 36.7 Å². The summed E-state index contributed by atoms with van der Waals surface area (Å²) in [5, 5.41) is 12.2. The van der Waals surface area contributed by atoms with E-state index in [0.29, 0.717) is 20.9 Å². The Kier molecular flexibility index (Phi) is 7.29. The number of benzene rings is 1. The van der Waals surface area contributed by atoms with Gasteiger partial charge in [0.2, 0.25) is 5.91 Å². The molecule has 0 spiro atoms. The summed E-state index contributed by atoms with van der Waals surface area (Å²) in [4.78, 5) is 30.9. The summed E-state index contributed by atoms with van der Waals surface area (Å²) in [5.74, 6) is 0.184. The second kappa shape index (κ2) is 9.92. The van der Waals surface area contributed by atoms with E-state index >= 15 is 0 Å². The lowest BCUT2D eigenvalue weighted by molar-refractivity contribution is -0.113. The SMILES string of the molecule is CCOC(=O)c1sc(NC(=O)CSc2nnc(-c3cccc(N(C)C)c3)n2C)nc1C. The van der Waals surface area contributed by atoms with E-state index in [9.17, 15) is 9.59 Å². The average molecular weight is 461 g/mol. The maximum Gasteiger partial charge on any atom is 0.350 e. The van der Waals surface area contributed by atoms with Gasteiger partial charge in [0.25, 0.3) is 0 Å². The Morgan fingerprint density at radius 3 is 2.77 bits per heavy atom. The zero-order valence-electron chi connectivity index (χ0n) is 18.0. The summed E-state index contributed by atoms with van der Waals surface area (Å²) in [6, 6.07) is 8.01. The number of thiazole rings is 1. The van der Waals surface area contributed by atoms with Gasteiger partial charge in [0.15, 0.2) is 16.1 Å². The second-order valence-corrected chi connectivity index (χ2v) is 8.74. The van der Waals surface area contributed by atoms with Gasteiger partial charge in [0.1, 0.15) is 4.88 Å². The van der Waals surface area contributed by atoms with Gasteiger partial charge in [-0.3, -0.25) is 4.79 Å². The molecule has 31 heavy (non-hydrogen) atoms. The van der Waals surface area contributed by atoms with E-state index in [1.165, 1.54) is 11.8 Å². The molecule has 2 aromatic heterocycles. The Bertz CT molecular complexity index is 1090. The minimum absolute atomic E-state index is 0.136. The molecule has 2 heterocycles. The predicted octanol–water partition coefficient (Wildman–Crippen LogP) is 3.22. The van der Waals surface area contributed by atoms with Crippen LogP contribution in [-0.4, -0.2) is 58.1 Å². The standard InChI is InChI=1S/C20H24N6O3S2/c1-6-29-18(28)16-12(2)21-19(31-16)22-15(27)11-30-20-24-23-17(26(20)5)13-8-7-9-14(10-13)25(3)4/h7-10H,6,11H2,1-5H3,(H,21,22,27). The second-order valence-electron chi connectivity index (χ2n) is 6.80. The molecule has 3 rings (SSSR count). The van der Waals surface area contributed by atoms with E-state index in [2.05, 4.69) is 20.5 Å². The fourth-order valence-corrected chi connectivity index (χ4v) is 4.32. The summed E-state index contributed by atoms with van der Waals surface area (Å²) in [6.45, 7) is 3.73. The lowest BCUT2D eigenvalue weighted by Crippen LogP contribution is -2.14. The molecule has 1 amide bonds. The van der Waals surface area contributed by atoms with Gasteiger partial charge in [-0.25, -0.2) is 9.78 Å². The van der Waals surface area contributed by atoms with Crippen LogP contribution >= 0.6 is 23.1 Å². The number of aryl methyl sites for hydroxylation is 1. The highest BCUT2D eigenvalue weighted by Gasteiger charge is 2.18. The predicted molar refractivity (Wildman–Crippen MR) is 123 cm³/mol. The fraction of sp³-hybridized carbons (Fsp3) is 0.350. The minimum atomic E-state index is -0.433. The van der Waals surface area contributed by atoms with Crippen molar-refractivity contribution in [3.63, 3.8) is 0 Å². The van der Waals surface area contributed by atoms with Crippen LogP contribution in [0.3, 0.4) is 0 Å². The van der Waals surface area contributed by atoms with Crippen LogP contribution < -0.4 is 10.2 Å². The van der Waals surface area contributed by atoms with Crippen molar-refractivity contribution in [1.82, 2.24) is 19.7 Å². The molecule has 0 atom stereocenters. The molecular formula is C20H24N6O3S2. The summed E-state index contributed by atoms with van der Waals surface area (Å²) in [5.41, 5.74) is 2.54. The number of nitrogens with zero attached hydrogens (tertiary/aromatic N) is 5. The van der Waals surface area contributed by atoms with Crippen molar-refractivity contribution in [2.45, 2.75) is 19.0 Å². The Balaban J connectivity index is 1.63. The third kappa shape index (κ3) is 5.42. The number of aromatic nitrogens is 4. The molecule has 0 radical (unpaired) electrons. The van der Waals surface area contributed by atoms with E-state index in [4.69, 9.17) is 4.74 Å². The molecule has 0 unspecified atom stereocenters. The lowest BCUT2D eigenvalue weighted by atomic mass is 10.2. The van der Waals surface area contributed by atoms with E-state index in [-0.39, 0.29) is 18.3 Å². The number of hydrogen-bond acceptors (Lipinski definition) is 9. The molecule has 0 bridgehead atoms. The lowest BCUT2D eigenvalue weighted by Gasteiger charge is -2.13. The van der Waals surface area contributed by atoms with E-state index in [1.807, 2.05) is 54.9 Å². The van der Waals surface area contributed by atoms with Crippen LogP contribution in [0.1, 0.15) is 22.3 Å². The first kappa shape index (κ1) is 22.8. The van der Waals surface area contributed by atoms with Crippen LogP contribution in [0.5, 0.6) is 0 Å². The molecule has 0 aliphatic carbocycles. The number of esters is 1. The third-order valence-electron chi connectivity index (χ3n) is 4.29. The number of anilines is 2. The van der Waals surface area contributed by atoms with Gasteiger partial charge in [-0.15, -0.1) is 10.2 Å². The maximum absolute atomic E-state index is 12.4. The zero-order chi connectivity index (χ0) is 22.5. The number of hydrogen-bond donors (Lipinski definition) is 1. The quantitative estimate of drug-likeness (QED) is 0.404. The topological polar surface area (TPSA) is 102 Å². The van der Waals surface area contributed by atoms with Crippen LogP contribution in [0.15, 0.2) is 29.4 Å². The number of ether oxygens (including phenoxy) is 1. The number of carbonyl (C=O) groups is 2. The van der Waals surface area contributed by atoms with Crippen LogP contribution in [0.2, 0.25) is 0 Å². The first-order chi connectivity index (χ1) is 14.8. The number of amides is 1. The Hall–Kier alpha value is -2.92. The van der Waals surface area contributed by atoms with Gasteiger partial charge < -0.3 is 19.5 Å². The molecule has 3 aromatic rings. The minimum Gasteiger partial charge on any atom is -0.462 e. The van der Waals surface area contributed by atoms with Crippen molar-refractivity contribution >= 4 is 45.8 Å². The fourth-order valence-electron chi connectivity index (χ4n) is 2.74.